The molecule has 1 amide bonds. The molecular weight excluding hydrogens is 379 g/mol. The van der Waals surface area contributed by atoms with E-state index in [0.29, 0.717) is 17.6 Å². The first kappa shape index (κ1) is 20.9. The van der Waals surface area contributed by atoms with Gasteiger partial charge in [-0.2, -0.15) is 0 Å². The van der Waals surface area contributed by atoms with Gasteiger partial charge in [0.1, 0.15) is 5.82 Å². The fourth-order valence-electron chi connectivity index (χ4n) is 4.97. The zero-order valence-electron chi connectivity index (χ0n) is 17.9. The first-order valence-electron chi connectivity index (χ1n) is 10.9. The third-order valence-corrected chi connectivity index (χ3v) is 6.79. The van der Waals surface area contributed by atoms with Crippen LogP contribution in [0.25, 0.3) is 0 Å². The molecule has 3 heterocycles. The Labute approximate surface area is 178 Å². The number of nitrogens with one attached hydrogen (secondary N) is 1. The molecule has 0 radical (unpaired) electrons. The van der Waals surface area contributed by atoms with E-state index < -0.39 is 0 Å². The van der Waals surface area contributed by atoms with E-state index in [2.05, 4.69) is 40.1 Å². The van der Waals surface area contributed by atoms with Crippen LogP contribution in [0.1, 0.15) is 30.4 Å². The Bertz CT molecular complexity index is 864. The van der Waals surface area contributed by atoms with Crippen molar-refractivity contribution >= 4 is 11.6 Å². The second-order valence-corrected chi connectivity index (χ2v) is 8.85. The molecule has 1 N–H and O–H groups in total. The van der Waals surface area contributed by atoms with Crippen molar-refractivity contribution in [2.24, 2.45) is 11.8 Å². The molecule has 1 aromatic heterocycles. The molecule has 5 nitrogen and oxygen atoms in total. The predicted octanol–water partition coefficient (Wildman–Crippen LogP) is 3.70. The molecule has 30 heavy (non-hydrogen) atoms. The molecule has 2 fully saturated rings. The van der Waals surface area contributed by atoms with Gasteiger partial charge < -0.3 is 10.2 Å². The summed E-state index contributed by atoms with van der Waals surface area (Å²) in [6.45, 7) is 6.10. The van der Waals surface area contributed by atoms with Gasteiger partial charge in [0, 0.05) is 37.2 Å². The smallest absolute Gasteiger partial charge is 0.228 e. The maximum atomic E-state index is 13.1. The molecule has 2 aromatic rings. The molecular formula is C24H31FN4O. The fourth-order valence-corrected chi connectivity index (χ4v) is 4.97. The number of carbonyl (C=O) groups is 1. The quantitative estimate of drug-likeness (QED) is 0.817. The molecule has 2 aliphatic rings. The zero-order chi connectivity index (χ0) is 21.1. The molecule has 6 heteroatoms. The summed E-state index contributed by atoms with van der Waals surface area (Å²) in [5.41, 5.74) is 3.27. The third kappa shape index (κ3) is 4.87. The van der Waals surface area contributed by atoms with Crippen molar-refractivity contribution in [2.45, 2.75) is 38.8 Å². The highest BCUT2D eigenvalue weighted by molar-refractivity contribution is 5.92. The summed E-state index contributed by atoms with van der Waals surface area (Å²) in [4.78, 5) is 21.8. The highest BCUT2D eigenvalue weighted by Crippen LogP contribution is 2.33. The molecule has 2 saturated heterocycles. The molecule has 1 aromatic carbocycles. The second-order valence-electron chi connectivity index (χ2n) is 8.85. The molecule has 0 spiro atoms. The van der Waals surface area contributed by atoms with Crippen LogP contribution in [0.2, 0.25) is 0 Å². The third-order valence-electron chi connectivity index (χ3n) is 6.79. The minimum atomic E-state index is -0.293. The lowest BCUT2D eigenvalue weighted by Gasteiger charge is -2.37. The van der Waals surface area contributed by atoms with Crippen LogP contribution in [0, 0.1) is 24.6 Å². The first-order chi connectivity index (χ1) is 14.5. The fraction of sp³-hybridized carbons (Fsp3) is 0.500. The minimum Gasteiger partial charge on any atom is -0.326 e. The van der Waals surface area contributed by atoms with Gasteiger partial charge in [0.25, 0.3) is 0 Å². The molecule has 160 valence electrons. The van der Waals surface area contributed by atoms with E-state index in [4.69, 9.17) is 0 Å². The van der Waals surface area contributed by atoms with Gasteiger partial charge in [0.05, 0.1) is 5.92 Å². The Hall–Kier alpha value is -2.31. The monoisotopic (exact) mass is 410 g/mol. The highest BCUT2D eigenvalue weighted by Gasteiger charge is 2.39. The van der Waals surface area contributed by atoms with Crippen molar-refractivity contribution in [3.8, 4) is 0 Å². The van der Waals surface area contributed by atoms with Gasteiger partial charge in [0.2, 0.25) is 5.91 Å². The lowest BCUT2D eigenvalue weighted by Crippen LogP contribution is -2.41. The van der Waals surface area contributed by atoms with E-state index in [0.717, 1.165) is 32.6 Å². The molecule has 2 atom stereocenters. The Morgan fingerprint density at radius 2 is 1.93 bits per heavy atom. The van der Waals surface area contributed by atoms with Gasteiger partial charge in [-0.3, -0.25) is 14.7 Å². The van der Waals surface area contributed by atoms with Crippen LogP contribution in [0.5, 0.6) is 0 Å². The van der Waals surface area contributed by atoms with E-state index in [1.54, 1.807) is 12.1 Å². The van der Waals surface area contributed by atoms with E-state index in [-0.39, 0.29) is 17.6 Å². The summed E-state index contributed by atoms with van der Waals surface area (Å²) in [5.74, 6) is 0.372. The second kappa shape index (κ2) is 9.23. The van der Waals surface area contributed by atoms with Crippen LogP contribution >= 0.6 is 0 Å². The van der Waals surface area contributed by atoms with Crippen LogP contribution < -0.4 is 5.32 Å². The number of hydrogen-bond donors (Lipinski definition) is 1. The van der Waals surface area contributed by atoms with Crippen LogP contribution in [0.15, 0.2) is 42.7 Å². The van der Waals surface area contributed by atoms with Crippen molar-refractivity contribution in [1.82, 2.24) is 14.8 Å². The van der Waals surface area contributed by atoms with Crippen LogP contribution in [0.3, 0.4) is 0 Å². The van der Waals surface area contributed by atoms with Crippen molar-refractivity contribution < 1.29 is 9.18 Å². The summed E-state index contributed by atoms with van der Waals surface area (Å²) >= 11 is 0. The number of halogens is 1. The number of amides is 1. The normalized spacial score (nSPS) is 23.6. The summed E-state index contributed by atoms with van der Waals surface area (Å²) < 4.78 is 13.1. The minimum absolute atomic E-state index is 0.0115. The maximum absolute atomic E-state index is 13.1. The number of benzene rings is 1. The summed E-state index contributed by atoms with van der Waals surface area (Å²) in [6, 6.07) is 8.56. The average molecular weight is 411 g/mol. The SMILES string of the molecule is Cc1cnccc1CN1CCC([C@@H]2C[C@H](C(=O)Nc3ccc(F)cc3)CN2C)CC1. The van der Waals surface area contributed by atoms with Gasteiger partial charge in [-0.05, 0) is 93.7 Å². The molecule has 0 saturated carbocycles. The van der Waals surface area contributed by atoms with E-state index in [9.17, 15) is 9.18 Å². The maximum Gasteiger partial charge on any atom is 0.228 e. The predicted molar refractivity (Wildman–Crippen MR) is 117 cm³/mol. The summed E-state index contributed by atoms with van der Waals surface area (Å²) in [7, 11) is 2.14. The highest BCUT2D eigenvalue weighted by atomic mass is 19.1. The number of likely N-dealkylation sites (tertiary alicyclic amines) is 2. The van der Waals surface area contributed by atoms with Crippen molar-refractivity contribution in [3.05, 3.63) is 59.7 Å². The van der Waals surface area contributed by atoms with E-state index in [1.807, 2.05) is 12.4 Å². The van der Waals surface area contributed by atoms with Crippen molar-refractivity contribution in [1.29, 1.82) is 0 Å². The van der Waals surface area contributed by atoms with Crippen LogP contribution in [-0.2, 0) is 11.3 Å². The molecule has 0 bridgehead atoms. The van der Waals surface area contributed by atoms with Crippen molar-refractivity contribution in [3.63, 3.8) is 0 Å². The van der Waals surface area contributed by atoms with Crippen molar-refractivity contribution in [2.75, 3.05) is 32.0 Å². The number of anilines is 1. The molecule has 4 rings (SSSR count). The number of piperidine rings is 1. The summed E-state index contributed by atoms with van der Waals surface area (Å²) in [5, 5.41) is 2.95. The average Bonchev–Trinajstić information content (AvgIpc) is 3.14. The Morgan fingerprint density at radius 1 is 1.20 bits per heavy atom. The molecule has 0 unspecified atom stereocenters. The number of aromatic nitrogens is 1. The lowest BCUT2D eigenvalue weighted by molar-refractivity contribution is -0.119. The molecule has 0 aliphatic carbocycles. The largest absolute Gasteiger partial charge is 0.326 e. The Balaban J connectivity index is 1.28. The Kier molecular flexibility index (Phi) is 6.44. The van der Waals surface area contributed by atoms with Gasteiger partial charge in [-0.25, -0.2) is 4.39 Å². The number of carbonyl (C=O) groups excluding carboxylic acids is 1. The van der Waals surface area contributed by atoms with E-state index >= 15 is 0 Å². The van der Waals surface area contributed by atoms with Gasteiger partial charge in [-0.15, -0.1) is 0 Å². The first-order valence-corrected chi connectivity index (χ1v) is 10.9. The topological polar surface area (TPSA) is 48.5 Å². The Morgan fingerprint density at radius 3 is 2.63 bits per heavy atom. The number of pyridine rings is 1. The molecule has 2 aliphatic heterocycles. The van der Waals surface area contributed by atoms with Gasteiger partial charge in [0.15, 0.2) is 0 Å². The number of rotatable bonds is 5. The van der Waals surface area contributed by atoms with Crippen LogP contribution in [-0.4, -0.2) is 53.4 Å². The van der Waals surface area contributed by atoms with Gasteiger partial charge in [-0.1, -0.05) is 0 Å². The van der Waals surface area contributed by atoms with Gasteiger partial charge >= 0.3 is 0 Å². The number of nitrogens with zero attached hydrogens (tertiary/aromatic N) is 3. The van der Waals surface area contributed by atoms with E-state index in [1.165, 1.54) is 36.1 Å². The number of aryl methyl sites for hydroxylation is 1. The number of hydrogen-bond acceptors (Lipinski definition) is 4. The lowest BCUT2D eigenvalue weighted by atomic mass is 9.86. The summed E-state index contributed by atoms with van der Waals surface area (Å²) in [6.07, 6.45) is 7.06. The standard InChI is InChI=1S/C24H31FN4O/c1-17-14-26-10-7-19(17)16-29-11-8-18(9-12-29)23-13-20(15-28(23)2)24(30)27-22-5-3-21(25)4-6-22/h3-7,10,14,18,20,23H,8-9,11-13,15-16H2,1-2H3,(H,27,30)/t20-,23-/m0/s1. The van der Waals surface area contributed by atoms with Crippen LogP contribution in [0.4, 0.5) is 10.1 Å². The zero-order valence-corrected chi connectivity index (χ0v) is 17.9.